The zero-order chi connectivity index (χ0) is 74.5. The van der Waals surface area contributed by atoms with Gasteiger partial charge in [0.2, 0.25) is 70.9 Å². The molecule has 0 aromatic rings. The molecule has 101 heavy (non-hydrogen) atoms. The maximum Gasteiger partial charge on any atom is 0.393 e. The van der Waals surface area contributed by atoms with Crippen molar-refractivity contribution in [1.82, 2.24) is 60.0 Å². The fraction of sp³-hybridized carbons (Fsp3) is 0.833. The first kappa shape index (κ1) is 82.0. The van der Waals surface area contributed by atoms with Crippen LogP contribution in [-0.2, 0) is 62.3 Å². The number of amides is 12. The summed E-state index contributed by atoms with van der Waals surface area (Å²) in [7, 11) is 8.58. The van der Waals surface area contributed by atoms with Crippen molar-refractivity contribution in [3.63, 3.8) is 0 Å². The first-order chi connectivity index (χ1) is 47.6. The third-order valence-electron chi connectivity index (χ3n) is 22.7. The second-order valence-corrected chi connectivity index (χ2v) is 31.4. The van der Waals surface area contributed by atoms with Crippen LogP contribution < -0.4 is 16.0 Å². The van der Waals surface area contributed by atoms with Crippen LogP contribution in [0.25, 0.3) is 0 Å². The Balaban J connectivity index is 1.27. The van der Waals surface area contributed by atoms with Gasteiger partial charge in [-0.15, -0.1) is 11.6 Å². The number of rotatable bonds is 13. The van der Waals surface area contributed by atoms with E-state index in [-0.39, 0.29) is 115 Å². The van der Waals surface area contributed by atoms with Crippen LogP contribution in [0, 0.1) is 29.6 Å². The zero-order valence-corrected chi connectivity index (χ0v) is 62.7. The molecule has 7 aliphatic rings. The molecule has 3 aliphatic carbocycles. The minimum absolute atomic E-state index is 0.00229. The van der Waals surface area contributed by atoms with Crippen LogP contribution in [-0.4, -0.2) is 275 Å². The molecule has 7 rings (SSSR count). The monoisotopic (exact) mass is 1450 g/mol. The average Bonchev–Trinajstić information content (AvgIpc) is 1.75. The predicted octanol–water partition coefficient (Wildman–Crippen LogP) is 5.47. The maximum absolute atomic E-state index is 15.5. The fourth-order valence-electron chi connectivity index (χ4n) is 16.4. The Morgan fingerprint density at radius 2 is 1.26 bits per heavy atom. The lowest BCUT2D eigenvalue weighted by Gasteiger charge is -2.45. The van der Waals surface area contributed by atoms with E-state index < -0.39 is 167 Å². The molecule has 0 radical (unpaired) electrons. The number of piperidine rings is 1. The topological polar surface area (TPSA) is 279 Å². The Morgan fingerprint density at radius 3 is 1.85 bits per heavy atom. The summed E-state index contributed by atoms with van der Waals surface area (Å²) in [6, 6.07) is -11.1. The number of nitrogens with one attached hydrogen (secondary N) is 3. The molecule has 25 nitrogen and oxygen atoms in total. The van der Waals surface area contributed by atoms with Crippen molar-refractivity contribution in [2.24, 2.45) is 29.6 Å². The third-order valence-corrected chi connectivity index (χ3v) is 23.2. The second kappa shape index (κ2) is 36.4. The van der Waals surface area contributed by atoms with Gasteiger partial charge in [0, 0.05) is 80.4 Å². The van der Waals surface area contributed by atoms with Gasteiger partial charge in [0.05, 0.1) is 25.5 Å². The van der Waals surface area contributed by atoms with Crippen LogP contribution in [0.15, 0.2) is 0 Å². The minimum atomic E-state index is -4.51. The van der Waals surface area contributed by atoms with E-state index in [2.05, 4.69) is 16.0 Å². The number of carbonyl (C=O) groups excluding carboxylic acids is 12. The minimum Gasteiger partial charge on any atom is -0.379 e. The molecule has 4 heterocycles. The zero-order valence-electron chi connectivity index (χ0n) is 61.9. The SMILES string of the molecule is CCCOC[C@@H]1NC(=O)[C@H](CC(C)C)N(C)C(=O)C[C@@H](C(=O)N2CCCCC2)N(C)C(=O)[C@H](C(C)C)N(C)C(=O)C2(CCCC2)NC(=O)[C@@H]2CCCN2C(=O)[C@H](CCC2CCC(C(F)(F)F)C(Cl)C2)NC(=O)CN(C)C(=O)[C@H](CC2CCCCC2)N(C)C(=O)[C@@H]2CCN2C(=O)[C@H](C)N(C)C1=O. The van der Waals surface area contributed by atoms with Crippen molar-refractivity contribution in [1.29, 1.82) is 0 Å². The van der Waals surface area contributed by atoms with Crippen LogP contribution in [0.4, 0.5) is 13.2 Å². The number of hydrogen-bond donors (Lipinski definition) is 3. The summed E-state index contributed by atoms with van der Waals surface area (Å²) in [4.78, 5) is 192. The van der Waals surface area contributed by atoms with Crippen molar-refractivity contribution < 1.29 is 75.4 Å². The summed E-state index contributed by atoms with van der Waals surface area (Å²) in [5, 5.41) is 7.49. The molecule has 3 N–H and O–H groups in total. The van der Waals surface area contributed by atoms with Crippen molar-refractivity contribution in [3.8, 4) is 0 Å². The van der Waals surface area contributed by atoms with Gasteiger partial charge in [-0.05, 0) is 133 Å². The predicted molar refractivity (Wildman–Crippen MR) is 372 cm³/mol. The molecule has 3 unspecified atom stereocenters. The molecule has 1 spiro atoms. The highest BCUT2D eigenvalue weighted by atomic mass is 35.5. The normalized spacial score (nSPS) is 30.5. The average molecular weight is 1450 g/mol. The van der Waals surface area contributed by atoms with Gasteiger partial charge in [-0.25, -0.2) is 0 Å². The third kappa shape index (κ3) is 20.1. The Morgan fingerprint density at radius 1 is 0.614 bits per heavy atom. The lowest BCUT2D eigenvalue weighted by Crippen LogP contribution is -2.65. The highest BCUT2D eigenvalue weighted by molar-refractivity contribution is 6.21. The molecule has 3 saturated carbocycles. The summed E-state index contributed by atoms with van der Waals surface area (Å²) < 4.78 is 47.9. The van der Waals surface area contributed by atoms with Crippen LogP contribution >= 0.6 is 11.6 Å². The number of hydrogen-bond acceptors (Lipinski definition) is 13. The summed E-state index contributed by atoms with van der Waals surface area (Å²) in [6.07, 6.45) is 4.55. The first-order valence-corrected chi connectivity index (χ1v) is 37.8. The summed E-state index contributed by atoms with van der Waals surface area (Å²) >= 11 is 6.41. The number of nitrogens with zero attached hydrogens (tertiary/aromatic N) is 9. The van der Waals surface area contributed by atoms with Gasteiger partial charge in [-0.2, -0.15) is 13.2 Å². The second-order valence-electron chi connectivity index (χ2n) is 30.8. The molecule has 12 atom stereocenters. The van der Waals surface area contributed by atoms with Gasteiger partial charge in [-0.1, -0.05) is 79.6 Å². The van der Waals surface area contributed by atoms with Crippen LogP contribution in [0.5, 0.6) is 0 Å². The molecular weight excluding hydrogens is 1330 g/mol. The standard InChI is InChI=1S/C72H116ClF3N12O13/c1-13-37-101-43-52-64(94)81(8)46(6)63(93)88-36-30-54(88)67(97)83(10)56(40-47-23-16-14-17-24-47)66(96)80(7)42-58(89)77-51(29-27-48-26-28-49(50(73)39-48)72(74,75)76)65(95)87-35-22-25-53(87)62(92)79-71(31-18-19-32-71)70(100)85(12)60(45(4)5)69(99)84(11)57(68(98)86-33-20-15-21-34-86)41-59(90)82(9)55(38-44(2)3)61(91)78-52/h44-57,60H,13-43H2,1-12H3,(H,77,89)(H,78,91)(H,79,92)/t46-,48?,49?,50?,51-,52-,53-,54-,55-,56-,57-,60-/m0/s1. The number of ether oxygens (including phenoxy) is 1. The molecule has 0 aromatic carbocycles. The number of likely N-dealkylation sites (tertiary alicyclic amines) is 1. The van der Waals surface area contributed by atoms with Crippen LogP contribution in [0.2, 0.25) is 0 Å². The van der Waals surface area contributed by atoms with Crippen LogP contribution in [0.1, 0.15) is 196 Å². The van der Waals surface area contributed by atoms with Crippen molar-refractivity contribution in [2.45, 2.75) is 267 Å². The maximum atomic E-state index is 15.5. The van der Waals surface area contributed by atoms with Crippen molar-refractivity contribution in [3.05, 3.63) is 0 Å². The summed E-state index contributed by atoms with van der Waals surface area (Å²) in [6.45, 7) is 10.8. The number of carbonyl (C=O) groups is 12. The number of alkyl halides is 4. The molecule has 29 heteroatoms. The molecule has 570 valence electrons. The Bertz CT molecular complexity index is 2950. The van der Waals surface area contributed by atoms with Gasteiger partial charge < -0.3 is 64.8 Å². The Hall–Kier alpha value is -6.32. The highest BCUT2D eigenvalue weighted by Crippen LogP contribution is 2.44. The highest BCUT2D eigenvalue weighted by Gasteiger charge is 2.52. The summed E-state index contributed by atoms with van der Waals surface area (Å²) in [5.74, 6) is -10.5. The molecule has 0 aromatic heterocycles. The van der Waals surface area contributed by atoms with E-state index in [4.69, 9.17) is 16.3 Å². The molecule has 12 amide bonds. The van der Waals surface area contributed by atoms with E-state index in [1.165, 1.54) is 88.4 Å². The van der Waals surface area contributed by atoms with E-state index in [1.54, 1.807) is 18.7 Å². The van der Waals surface area contributed by atoms with E-state index in [9.17, 15) is 41.9 Å². The first-order valence-electron chi connectivity index (χ1n) is 37.3. The molecule has 4 saturated heterocycles. The lowest BCUT2D eigenvalue weighted by atomic mass is 9.78. The molecular formula is C72H116ClF3N12O13. The van der Waals surface area contributed by atoms with Crippen LogP contribution in [0.3, 0.4) is 0 Å². The van der Waals surface area contributed by atoms with Gasteiger partial charge in [0.15, 0.2) is 0 Å². The van der Waals surface area contributed by atoms with Gasteiger partial charge in [0.1, 0.15) is 59.9 Å². The number of likely N-dealkylation sites (N-methyl/N-ethyl adjacent to an activating group) is 6. The van der Waals surface area contributed by atoms with Crippen molar-refractivity contribution in [2.75, 3.05) is 88.2 Å². The molecule has 0 bridgehead atoms. The van der Waals surface area contributed by atoms with Gasteiger partial charge in [-0.3, -0.25) is 57.5 Å². The van der Waals surface area contributed by atoms with E-state index in [0.717, 1.165) is 38.5 Å². The van der Waals surface area contributed by atoms with E-state index in [0.29, 0.717) is 51.6 Å². The largest absolute Gasteiger partial charge is 0.393 e. The van der Waals surface area contributed by atoms with Gasteiger partial charge in [0.25, 0.3) is 0 Å². The van der Waals surface area contributed by atoms with Crippen molar-refractivity contribution >= 4 is 82.5 Å². The molecule has 4 aliphatic heterocycles. The van der Waals surface area contributed by atoms with E-state index in [1.807, 2.05) is 20.8 Å². The summed E-state index contributed by atoms with van der Waals surface area (Å²) in [5.41, 5.74) is -1.57. The number of fused-ring (bicyclic) bond motifs is 2. The van der Waals surface area contributed by atoms with Gasteiger partial charge >= 0.3 is 6.18 Å². The fourth-order valence-corrected chi connectivity index (χ4v) is 16.9. The lowest BCUT2D eigenvalue weighted by molar-refractivity contribution is -0.182. The quantitative estimate of drug-likeness (QED) is 0.153. The Labute approximate surface area is 600 Å². The smallest absolute Gasteiger partial charge is 0.379 e. The molecule has 7 fully saturated rings. The Kier molecular flexibility index (Phi) is 29.5. The van der Waals surface area contributed by atoms with E-state index >= 15 is 28.8 Å². The number of halogens is 4.